The molecule has 2 aromatic carbocycles. The molecule has 15 nitrogen and oxygen atoms in total. The highest BCUT2D eigenvalue weighted by atomic mass is 16.8. The van der Waals surface area contributed by atoms with Crippen LogP contribution >= 0.6 is 0 Å². The van der Waals surface area contributed by atoms with Crippen molar-refractivity contribution in [2.75, 3.05) is 54.1 Å². The van der Waals surface area contributed by atoms with E-state index in [0.29, 0.717) is 50.4 Å². The van der Waals surface area contributed by atoms with Gasteiger partial charge in [-0.05, 0) is 113 Å². The van der Waals surface area contributed by atoms with E-state index in [2.05, 4.69) is 84.3 Å². The number of ether oxygens (including phenoxy) is 2. The molecule has 0 spiro atoms. The summed E-state index contributed by atoms with van der Waals surface area (Å²) in [6.07, 6.45) is 2.31. The second-order valence-corrected chi connectivity index (χ2v) is 20.5. The molecule has 364 valence electrons. The molecular formula is C53H71N8O7+. The van der Waals surface area contributed by atoms with Crippen molar-refractivity contribution in [3.8, 4) is 34.2 Å². The molecule has 3 aliphatic heterocycles. The molecule has 5 heterocycles. The predicted octanol–water partition coefficient (Wildman–Crippen LogP) is 6.71. The number of hydrogen-bond acceptors (Lipinski definition) is 10. The monoisotopic (exact) mass is 932 g/mol. The van der Waals surface area contributed by atoms with E-state index in [-0.39, 0.29) is 55.5 Å². The smallest absolute Gasteiger partial charge is 0.326 e. The lowest BCUT2D eigenvalue weighted by molar-refractivity contribution is -0.835. The quantitative estimate of drug-likeness (QED) is 0.155. The molecule has 2 saturated heterocycles. The van der Waals surface area contributed by atoms with Crippen molar-refractivity contribution in [3.05, 3.63) is 82.5 Å². The summed E-state index contributed by atoms with van der Waals surface area (Å²) in [5, 5.41) is 5.67. The summed E-state index contributed by atoms with van der Waals surface area (Å²) in [6, 6.07) is 17.8. The lowest BCUT2D eigenvalue weighted by atomic mass is 9.84. The second kappa shape index (κ2) is 20.9. The van der Waals surface area contributed by atoms with Gasteiger partial charge in [0.2, 0.25) is 10.8 Å². The van der Waals surface area contributed by atoms with Crippen LogP contribution in [0.3, 0.4) is 0 Å². The highest BCUT2D eigenvalue weighted by molar-refractivity contribution is 5.96. The maximum atomic E-state index is 14.7. The van der Waals surface area contributed by atoms with Gasteiger partial charge in [0.15, 0.2) is 6.61 Å². The lowest BCUT2D eigenvalue weighted by Crippen LogP contribution is -2.61. The Hall–Kier alpha value is -5.66. The summed E-state index contributed by atoms with van der Waals surface area (Å²) >= 11 is 0. The molecule has 0 aliphatic carbocycles. The van der Waals surface area contributed by atoms with E-state index in [4.69, 9.17) is 19.3 Å². The number of carbonyl (C=O) groups excluding carboxylic acids is 3. The second-order valence-electron chi connectivity index (χ2n) is 20.5. The molecule has 15 heteroatoms. The van der Waals surface area contributed by atoms with Crippen LogP contribution in [-0.2, 0) is 48.1 Å². The molecule has 3 amide bonds. The Kier molecular flexibility index (Phi) is 15.4. The fourth-order valence-electron chi connectivity index (χ4n) is 9.11. The number of nitrogens with one attached hydrogen (secondary N) is 2. The van der Waals surface area contributed by atoms with Crippen molar-refractivity contribution in [1.82, 2.24) is 35.1 Å². The zero-order valence-electron chi connectivity index (χ0n) is 41.8. The molecule has 6 bridgehead atoms. The Morgan fingerprint density at radius 2 is 1.84 bits per heavy atom. The number of amides is 3. The lowest BCUT2D eigenvalue weighted by Gasteiger charge is -2.38. The minimum absolute atomic E-state index is 0.117. The van der Waals surface area contributed by atoms with Gasteiger partial charge in [0.1, 0.15) is 6.04 Å². The van der Waals surface area contributed by atoms with Crippen LogP contribution in [0.15, 0.2) is 60.8 Å². The third-order valence-electron chi connectivity index (χ3n) is 13.9. The SMILES string of the molecule is CCn1c(-c2cccnc2[C@H](C)OC)c2c3cc(ccc31)-c1cccc(c1)C[C@H](NC(=O)C(COC1CN(C(=O)C#CC(C)(C)N(C)C)C1)C(C)C)C(=O)N1CCC[C@H](N1)[N+](=O)OCC(C)(C)C2. The van der Waals surface area contributed by atoms with Gasteiger partial charge in [0.25, 0.3) is 11.8 Å². The maximum absolute atomic E-state index is 14.7. The summed E-state index contributed by atoms with van der Waals surface area (Å²) in [7, 11) is 5.54. The van der Waals surface area contributed by atoms with Gasteiger partial charge in [-0.2, -0.15) is 5.43 Å². The minimum atomic E-state index is -0.968. The molecule has 68 heavy (non-hydrogen) atoms. The zero-order chi connectivity index (χ0) is 49.1. The first-order valence-corrected chi connectivity index (χ1v) is 24.1. The molecule has 2 aromatic heterocycles. The summed E-state index contributed by atoms with van der Waals surface area (Å²) in [6.45, 7) is 18.3. The molecule has 4 atom stereocenters. The van der Waals surface area contributed by atoms with E-state index >= 15 is 0 Å². The van der Waals surface area contributed by atoms with Gasteiger partial charge in [0.05, 0.1) is 46.6 Å². The Balaban J connectivity index is 1.20. The summed E-state index contributed by atoms with van der Waals surface area (Å²) in [5.74, 6) is 4.21. The average molecular weight is 932 g/mol. The maximum Gasteiger partial charge on any atom is 0.326 e. The largest absolute Gasteiger partial charge is 0.375 e. The summed E-state index contributed by atoms with van der Waals surface area (Å²) in [5.41, 5.74) is 10.1. The number of aromatic nitrogens is 2. The minimum Gasteiger partial charge on any atom is -0.375 e. The van der Waals surface area contributed by atoms with Gasteiger partial charge >= 0.3 is 6.17 Å². The topological polar surface area (TPSA) is 151 Å². The van der Waals surface area contributed by atoms with Gasteiger partial charge < -0.3 is 24.3 Å². The van der Waals surface area contributed by atoms with E-state index in [9.17, 15) is 19.3 Å². The Morgan fingerprint density at radius 3 is 2.54 bits per heavy atom. The number of benzene rings is 2. The van der Waals surface area contributed by atoms with Crippen LogP contribution < -0.4 is 10.7 Å². The Bertz CT molecular complexity index is 2570. The van der Waals surface area contributed by atoms with Crippen molar-refractivity contribution < 1.29 is 33.6 Å². The number of nitrogens with zero attached hydrogens (tertiary/aromatic N) is 6. The molecule has 0 radical (unpaired) electrons. The predicted molar refractivity (Wildman–Crippen MR) is 262 cm³/mol. The van der Waals surface area contributed by atoms with Crippen molar-refractivity contribution in [2.24, 2.45) is 17.3 Å². The van der Waals surface area contributed by atoms with Crippen molar-refractivity contribution in [2.45, 2.75) is 118 Å². The summed E-state index contributed by atoms with van der Waals surface area (Å²) < 4.78 is 14.4. The van der Waals surface area contributed by atoms with Crippen molar-refractivity contribution in [1.29, 1.82) is 0 Å². The fourth-order valence-corrected chi connectivity index (χ4v) is 9.11. The highest BCUT2D eigenvalue weighted by Crippen LogP contribution is 2.42. The number of fused-ring (bicyclic) bond motifs is 6. The molecule has 3 aliphatic rings. The third kappa shape index (κ3) is 11.1. The van der Waals surface area contributed by atoms with Crippen LogP contribution in [0.4, 0.5) is 0 Å². The van der Waals surface area contributed by atoms with Crippen LogP contribution in [-0.4, -0.2) is 125 Å². The number of hydrazine groups is 1. The van der Waals surface area contributed by atoms with Crippen LogP contribution in [0.25, 0.3) is 33.3 Å². The first kappa shape index (κ1) is 50.2. The Labute approximate surface area is 401 Å². The number of pyridine rings is 1. The zero-order valence-corrected chi connectivity index (χ0v) is 41.8. The van der Waals surface area contributed by atoms with Gasteiger partial charge in [-0.25, -0.2) is 4.84 Å². The van der Waals surface area contributed by atoms with E-state index in [1.165, 1.54) is 5.01 Å². The van der Waals surface area contributed by atoms with Crippen LogP contribution in [0.5, 0.6) is 0 Å². The van der Waals surface area contributed by atoms with E-state index in [1.807, 2.05) is 71.8 Å². The first-order valence-electron chi connectivity index (χ1n) is 24.1. The number of carbonyl (C=O) groups is 3. The van der Waals surface area contributed by atoms with E-state index in [0.717, 1.165) is 50.1 Å². The number of hydrogen-bond donors (Lipinski definition) is 2. The number of aryl methyl sites for hydroxylation is 1. The van der Waals surface area contributed by atoms with Crippen molar-refractivity contribution in [3.63, 3.8) is 0 Å². The van der Waals surface area contributed by atoms with Crippen LogP contribution in [0.1, 0.15) is 91.2 Å². The van der Waals surface area contributed by atoms with E-state index < -0.39 is 29.1 Å². The molecular weight excluding hydrogens is 861 g/mol. The van der Waals surface area contributed by atoms with E-state index in [1.54, 1.807) is 18.2 Å². The van der Waals surface area contributed by atoms with Gasteiger partial charge in [-0.3, -0.25) is 29.3 Å². The molecule has 0 saturated carbocycles. The van der Waals surface area contributed by atoms with Crippen LogP contribution in [0.2, 0.25) is 0 Å². The molecule has 7 rings (SSSR count). The van der Waals surface area contributed by atoms with Gasteiger partial charge in [0, 0.05) is 74.2 Å². The standard InChI is InChI=1S/C53H70N8O7/c1-12-59-45-21-20-38-28-41(45)42(49(59)40-18-14-24-54-48(40)35(4)66-11)29-52(5,6)33-68-61(65)46-19-15-25-60(56-46)51(64)44(27-36-16-13-17-37(38)26-36)55-50(63)43(34(2)3)32-67-39-30-58(31-39)47(62)22-23-53(7,8)57(9)10/h13-14,16-18,20-21,24,26,28,34-35,39,43-44,46,56H,12,15,19,25,27,29-33H2,1-11H3/p+1/t35-,43?,44-,46+/m0/s1. The number of rotatable bonds is 11. The highest BCUT2D eigenvalue weighted by Gasteiger charge is 2.41. The average Bonchev–Trinajstić information content (AvgIpc) is 3.60. The van der Waals surface area contributed by atoms with Gasteiger partial charge in [-0.1, -0.05) is 63.9 Å². The molecule has 1 unspecified atom stereocenters. The molecule has 2 fully saturated rings. The third-order valence-corrected chi connectivity index (χ3v) is 13.9. The first-order chi connectivity index (χ1) is 32.3. The fraction of sp³-hybridized carbons (Fsp3) is 0.547. The van der Waals surface area contributed by atoms with Gasteiger partial charge in [-0.15, -0.1) is 0 Å². The number of methoxy groups -OCH3 is 1. The number of likely N-dealkylation sites (tertiary alicyclic amines) is 1. The Morgan fingerprint density at radius 1 is 1.09 bits per heavy atom. The van der Waals surface area contributed by atoms with Crippen LogP contribution in [0, 0.1) is 34.0 Å². The molecule has 2 N–H and O–H groups in total. The summed E-state index contributed by atoms with van der Waals surface area (Å²) in [4.78, 5) is 70.7. The normalized spacial score (nSPS) is 20.0. The van der Waals surface area contributed by atoms with Crippen molar-refractivity contribution >= 4 is 28.6 Å². The molecule has 4 aromatic rings.